The number of fused-ring (bicyclic) bond motifs is 2. The highest BCUT2D eigenvalue weighted by atomic mass is 14.0. The minimum Gasteiger partial charge on any atom is -0.0988 e. The summed E-state index contributed by atoms with van der Waals surface area (Å²) >= 11 is 0. The molecule has 0 N–H and O–H groups in total. The highest BCUT2D eigenvalue weighted by molar-refractivity contribution is 5.30. The van der Waals surface area contributed by atoms with Crippen molar-refractivity contribution in [1.29, 1.82) is 0 Å². The summed E-state index contributed by atoms with van der Waals surface area (Å²) in [4.78, 5) is 0. The Hall–Kier alpha value is -1.92. The quantitative estimate of drug-likeness (QED) is 0.452. The van der Waals surface area contributed by atoms with Crippen molar-refractivity contribution in [3.8, 4) is 23.7 Å². The summed E-state index contributed by atoms with van der Waals surface area (Å²) in [6.07, 6.45) is 7.54. The molecule has 1 aliphatic carbocycles. The second-order valence-electron chi connectivity index (χ2n) is 3.76. The molecule has 0 saturated heterocycles. The summed E-state index contributed by atoms with van der Waals surface area (Å²) < 4.78 is 0. The summed E-state index contributed by atoms with van der Waals surface area (Å²) in [5.74, 6) is 12.7. The molecule has 1 aromatic rings. The van der Waals surface area contributed by atoms with Crippen LogP contribution < -0.4 is 0 Å². The van der Waals surface area contributed by atoms with Gasteiger partial charge in [-0.15, -0.1) is 0 Å². The molecule has 2 bridgehead atoms. The number of allylic oxidation sites excluding steroid dienone is 2. The van der Waals surface area contributed by atoms with Crippen molar-refractivity contribution in [2.45, 2.75) is 25.7 Å². The standard InChI is InChI=1S/C16H14/c1-2-4-6-8-11-16-13-9-12-15(14-16)10-7-5-3-1/h1-2,9,12-14H,3-4,10-11H2/b2-1+. The summed E-state index contributed by atoms with van der Waals surface area (Å²) in [6.45, 7) is 0. The van der Waals surface area contributed by atoms with E-state index in [4.69, 9.17) is 0 Å². The third kappa shape index (κ3) is 3.34. The van der Waals surface area contributed by atoms with Crippen molar-refractivity contribution in [3.63, 3.8) is 0 Å². The van der Waals surface area contributed by atoms with Gasteiger partial charge in [-0.25, -0.2) is 0 Å². The average molecular weight is 206 g/mol. The van der Waals surface area contributed by atoms with Gasteiger partial charge in [0.25, 0.3) is 0 Å². The molecule has 78 valence electrons. The lowest BCUT2D eigenvalue weighted by molar-refractivity contribution is 1.24. The van der Waals surface area contributed by atoms with E-state index in [-0.39, 0.29) is 0 Å². The van der Waals surface area contributed by atoms with Crippen LogP contribution in [0.1, 0.15) is 24.0 Å². The van der Waals surface area contributed by atoms with Gasteiger partial charge in [0, 0.05) is 25.7 Å². The third-order valence-electron chi connectivity index (χ3n) is 2.43. The smallest absolute Gasteiger partial charge is 0.0340 e. The summed E-state index contributed by atoms with van der Waals surface area (Å²) in [7, 11) is 0. The van der Waals surface area contributed by atoms with E-state index in [0.717, 1.165) is 25.7 Å². The van der Waals surface area contributed by atoms with Gasteiger partial charge in [-0.2, -0.15) is 0 Å². The molecule has 0 spiro atoms. The molecule has 16 heavy (non-hydrogen) atoms. The Balaban J connectivity index is 2.22. The molecule has 0 unspecified atom stereocenters. The van der Waals surface area contributed by atoms with Crippen molar-refractivity contribution in [3.05, 3.63) is 47.5 Å². The predicted octanol–water partition coefficient (Wildman–Crippen LogP) is 3.13. The van der Waals surface area contributed by atoms with Crippen molar-refractivity contribution in [2.24, 2.45) is 0 Å². The average Bonchev–Trinajstić information content (AvgIpc) is 2.32. The second kappa shape index (κ2) is 5.84. The van der Waals surface area contributed by atoms with E-state index in [9.17, 15) is 0 Å². The molecule has 2 rings (SSSR count). The molecule has 0 heterocycles. The van der Waals surface area contributed by atoms with Gasteiger partial charge in [0.2, 0.25) is 0 Å². The molecule has 0 heteroatoms. The minimum absolute atomic E-state index is 0.835. The number of hydrogen-bond donors (Lipinski definition) is 0. The second-order valence-corrected chi connectivity index (χ2v) is 3.76. The Bertz CT molecular complexity index is 455. The highest BCUT2D eigenvalue weighted by Gasteiger charge is 1.93. The van der Waals surface area contributed by atoms with Crippen LogP contribution in [0.25, 0.3) is 0 Å². The first-order valence-electron chi connectivity index (χ1n) is 5.59. The molecule has 0 nitrogen and oxygen atoms in total. The van der Waals surface area contributed by atoms with Gasteiger partial charge in [0.15, 0.2) is 0 Å². The van der Waals surface area contributed by atoms with E-state index < -0.39 is 0 Å². The number of rotatable bonds is 0. The highest BCUT2D eigenvalue weighted by Crippen LogP contribution is 2.06. The van der Waals surface area contributed by atoms with Crippen LogP contribution in [-0.4, -0.2) is 0 Å². The molecule has 1 aliphatic rings. The van der Waals surface area contributed by atoms with Crippen LogP contribution in [0.4, 0.5) is 0 Å². The van der Waals surface area contributed by atoms with E-state index in [1.165, 1.54) is 11.1 Å². The zero-order valence-electron chi connectivity index (χ0n) is 9.29. The van der Waals surface area contributed by atoms with Crippen LogP contribution >= 0.6 is 0 Å². The lowest BCUT2D eigenvalue weighted by Crippen LogP contribution is -1.86. The first-order chi connectivity index (χ1) is 7.95. The summed E-state index contributed by atoms with van der Waals surface area (Å²) in [5.41, 5.74) is 2.57. The van der Waals surface area contributed by atoms with Gasteiger partial charge >= 0.3 is 0 Å². The van der Waals surface area contributed by atoms with Crippen molar-refractivity contribution in [2.75, 3.05) is 0 Å². The molecule has 1 aromatic carbocycles. The summed E-state index contributed by atoms with van der Waals surface area (Å²) in [5, 5.41) is 0. The molecule has 0 fully saturated rings. The Morgan fingerprint density at radius 2 is 1.31 bits per heavy atom. The van der Waals surface area contributed by atoms with Gasteiger partial charge < -0.3 is 0 Å². The van der Waals surface area contributed by atoms with Crippen LogP contribution in [0.2, 0.25) is 0 Å². The van der Waals surface area contributed by atoms with Crippen molar-refractivity contribution >= 4 is 0 Å². The molecule has 0 amide bonds. The van der Waals surface area contributed by atoms with Gasteiger partial charge in [-0.05, 0) is 11.1 Å². The van der Waals surface area contributed by atoms with Gasteiger partial charge in [-0.1, -0.05) is 60.1 Å². The third-order valence-corrected chi connectivity index (χ3v) is 2.43. The molecule has 0 atom stereocenters. The van der Waals surface area contributed by atoms with Crippen molar-refractivity contribution in [1.82, 2.24) is 0 Å². The predicted molar refractivity (Wildman–Crippen MR) is 67.8 cm³/mol. The molecule has 0 radical (unpaired) electrons. The monoisotopic (exact) mass is 206 g/mol. The molecule has 0 saturated carbocycles. The van der Waals surface area contributed by atoms with Crippen LogP contribution in [0.5, 0.6) is 0 Å². The molecule has 0 aliphatic heterocycles. The SMILES string of the molecule is C1#CCc2cccc(c2)CC#CC/C=C/C1. The Morgan fingerprint density at radius 1 is 0.750 bits per heavy atom. The molecular formula is C16H14. The zero-order chi connectivity index (χ0) is 11.1. The minimum atomic E-state index is 0.835. The first-order valence-corrected chi connectivity index (χ1v) is 5.59. The van der Waals surface area contributed by atoms with Gasteiger partial charge in [0.1, 0.15) is 0 Å². The fourth-order valence-corrected chi connectivity index (χ4v) is 1.61. The maximum absolute atomic E-state index is 3.19. The number of hydrogen-bond acceptors (Lipinski definition) is 0. The van der Waals surface area contributed by atoms with E-state index in [1.807, 2.05) is 0 Å². The van der Waals surface area contributed by atoms with E-state index >= 15 is 0 Å². The van der Waals surface area contributed by atoms with Crippen molar-refractivity contribution < 1.29 is 0 Å². The fraction of sp³-hybridized carbons (Fsp3) is 0.250. The van der Waals surface area contributed by atoms with Crippen LogP contribution in [-0.2, 0) is 12.8 Å². The maximum atomic E-state index is 3.19. The van der Waals surface area contributed by atoms with Crippen LogP contribution in [0.15, 0.2) is 36.4 Å². The van der Waals surface area contributed by atoms with Crippen LogP contribution in [0.3, 0.4) is 0 Å². The fourth-order valence-electron chi connectivity index (χ4n) is 1.61. The first kappa shape index (κ1) is 10.6. The van der Waals surface area contributed by atoms with E-state index in [0.29, 0.717) is 0 Å². The van der Waals surface area contributed by atoms with E-state index in [2.05, 4.69) is 60.1 Å². The lowest BCUT2D eigenvalue weighted by atomic mass is 10.1. The van der Waals surface area contributed by atoms with Crippen LogP contribution in [0, 0.1) is 23.7 Å². The normalized spacial score (nSPS) is 16.2. The number of benzene rings is 1. The maximum Gasteiger partial charge on any atom is 0.0340 e. The topological polar surface area (TPSA) is 0 Å². The Labute approximate surface area is 97.4 Å². The molecule has 0 aromatic heterocycles. The molecular weight excluding hydrogens is 192 g/mol. The Morgan fingerprint density at radius 3 is 1.88 bits per heavy atom. The van der Waals surface area contributed by atoms with E-state index in [1.54, 1.807) is 0 Å². The van der Waals surface area contributed by atoms with Gasteiger partial charge in [-0.3, -0.25) is 0 Å². The van der Waals surface area contributed by atoms with Gasteiger partial charge in [0.05, 0.1) is 0 Å². The Kier molecular flexibility index (Phi) is 3.87. The summed E-state index contributed by atoms with van der Waals surface area (Å²) in [6, 6.07) is 8.54. The zero-order valence-corrected chi connectivity index (χ0v) is 9.29. The lowest BCUT2D eigenvalue weighted by Gasteiger charge is -1.98. The largest absolute Gasteiger partial charge is 0.0988 e.